The molecule has 1 aromatic carbocycles. The predicted molar refractivity (Wildman–Crippen MR) is 47.6 cm³/mol. The Bertz CT molecular complexity index is 379. The van der Waals surface area contributed by atoms with Gasteiger partial charge in [-0.3, -0.25) is 10.1 Å². The molecule has 0 unspecified atom stereocenters. The van der Waals surface area contributed by atoms with Crippen molar-refractivity contribution in [1.82, 2.24) is 0 Å². The Balaban J connectivity index is 3.38. The van der Waals surface area contributed by atoms with Gasteiger partial charge in [0.25, 0.3) is 0 Å². The SMILES string of the molecule is C#Cc1cccc([N+](=O)[O-])c1OC. The molecule has 66 valence electrons. The van der Waals surface area contributed by atoms with Crippen molar-refractivity contribution in [2.75, 3.05) is 7.11 Å². The lowest BCUT2D eigenvalue weighted by Gasteiger charge is -2.02. The van der Waals surface area contributed by atoms with Crippen LogP contribution in [0.2, 0.25) is 0 Å². The molecule has 0 bridgehead atoms. The zero-order chi connectivity index (χ0) is 9.84. The zero-order valence-corrected chi connectivity index (χ0v) is 6.98. The number of rotatable bonds is 2. The molecule has 0 saturated heterocycles. The van der Waals surface area contributed by atoms with Gasteiger partial charge in [-0.25, -0.2) is 0 Å². The fourth-order valence-electron chi connectivity index (χ4n) is 0.997. The van der Waals surface area contributed by atoms with Gasteiger partial charge in [-0.15, -0.1) is 6.42 Å². The van der Waals surface area contributed by atoms with Crippen molar-refractivity contribution >= 4 is 5.69 Å². The summed E-state index contributed by atoms with van der Waals surface area (Å²) in [5, 5.41) is 10.5. The van der Waals surface area contributed by atoms with Gasteiger partial charge in [-0.05, 0) is 6.07 Å². The van der Waals surface area contributed by atoms with Crippen LogP contribution in [-0.2, 0) is 0 Å². The largest absolute Gasteiger partial charge is 0.489 e. The first-order valence-electron chi connectivity index (χ1n) is 3.48. The fourth-order valence-corrected chi connectivity index (χ4v) is 0.997. The molecule has 0 heterocycles. The van der Waals surface area contributed by atoms with Crippen LogP contribution in [0.1, 0.15) is 5.56 Å². The quantitative estimate of drug-likeness (QED) is 0.391. The van der Waals surface area contributed by atoms with E-state index < -0.39 is 4.92 Å². The molecular formula is C9H7NO3. The highest BCUT2D eigenvalue weighted by atomic mass is 16.6. The van der Waals surface area contributed by atoms with Crippen LogP contribution < -0.4 is 4.74 Å². The highest BCUT2D eigenvalue weighted by Crippen LogP contribution is 2.29. The van der Waals surface area contributed by atoms with Crippen LogP contribution in [0.4, 0.5) is 5.69 Å². The van der Waals surface area contributed by atoms with Gasteiger partial charge in [-0.1, -0.05) is 12.0 Å². The van der Waals surface area contributed by atoms with E-state index in [9.17, 15) is 10.1 Å². The number of hydrogen-bond acceptors (Lipinski definition) is 3. The second-order valence-corrected chi connectivity index (χ2v) is 2.26. The molecular weight excluding hydrogens is 170 g/mol. The van der Waals surface area contributed by atoms with Crippen molar-refractivity contribution in [3.63, 3.8) is 0 Å². The Kier molecular flexibility index (Phi) is 2.50. The fraction of sp³-hybridized carbons (Fsp3) is 0.111. The summed E-state index contributed by atoms with van der Waals surface area (Å²) in [5.74, 6) is 2.45. The Labute approximate surface area is 75.3 Å². The first-order valence-corrected chi connectivity index (χ1v) is 3.48. The summed E-state index contributed by atoms with van der Waals surface area (Å²) in [6, 6.07) is 4.46. The normalized spacial score (nSPS) is 8.92. The number of methoxy groups -OCH3 is 1. The van der Waals surface area contributed by atoms with Gasteiger partial charge in [0.05, 0.1) is 17.6 Å². The highest BCUT2D eigenvalue weighted by Gasteiger charge is 2.16. The van der Waals surface area contributed by atoms with Gasteiger partial charge in [0.1, 0.15) is 0 Å². The van der Waals surface area contributed by atoms with E-state index in [2.05, 4.69) is 5.92 Å². The first kappa shape index (κ1) is 9.07. The number of nitro benzene ring substituents is 1. The van der Waals surface area contributed by atoms with Gasteiger partial charge in [0.2, 0.25) is 5.75 Å². The summed E-state index contributed by atoms with van der Waals surface area (Å²) in [6.07, 6.45) is 5.14. The van der Waals surface area contributed by atoms with Crippen LogP contribution in [0.3, 0.4) is 0 Å². The number of benzene rings is 1. The molecule has 4 nitrogen and oxygen atoms in total. The van der Waals surface area contributed by atoms with Crippen LogP contribution in [0.15, 0.2) is 18.2 Å². The van der Waals surface area contributed by atoms with E-state index in [1.807, 2.05) is 0 Å². The van der Waals surface area contributed by atoms with Crippen molar-refractivity contribution in [2.24, 2.45) is 0 Å². The van der Waals surface area contributed by atoms with E-state index in [0.29, 0.717) is 5.56 Å². The molecule has 1 aromatic rings. The van der Waals surface area contributed by atoms with Gasteiger partial charge in [0, 0.05) is 6.07 Å². The molecule has 0 atom stereocenters. The predicted octanol–water partition coefficient (Wildman–Crippen LogP) is 1.58. The van der Waals surface area contributed by atoms with Crippen molar-refractivity contribution in [2.45, 2.75) is 0 Å². The Morgan fingerprint density at radius 2 is 2.31 bits per heavy atom. The minimum Gasteiger partial charge on any atom is -0.489 e. The maximum atomic E-state index is 10.5. The molecule has 0 aliphatic rings. The number of hydrogen-bond donors (Lipinski definition) is 0. The van der Waals surface area contributed by atoms with Gasteiger partial charge in [-0.2, -0.15) is 0 Å². The molecule has 0 N–H and O–H groups in total. The van der Waals surface area contributed by atoms with Crippen molar-refractivity contribution < 1.29 is 9.66 Å². The van der Waals surface area contributed by atoms with E-state index in [1.165, 1.54) is 19.2 Å². The summed E-state index contributed by atoms with van der Waals surface area (Å²) in [4.78, 5) is 9.98. The minimum atomic E-state index is -0.528. The van der Waals surface area contributed by atoms with Gasteiger partial charge < -0.3 is 4.74 Å². The van der Waals surface area contributed by atoms with Crippen molar-refractivity contribution in [3.05, 3.63) is 33.9 Å². The smallest absolute Gasteiger partial charge is 0.312 e. The molecule has 4 heteroatoms. The number of nitrogens with zero attached hydrogens (tertiary/aromatic N) is 1. The molecule has 0 aromatic heterocycles. The van der Waals surface area contributed by atoms with Gasteiger partial charge in [0.15, 0.2) is 0 Å². The van der Waals surface area contributed by atoms with E-state index in [-0.39, 0.29) is 11.4 Å². The third-order valence-corrected chi connectivity index (χ3v) is 1.55. The van der Waals surface area contributed by atoms with Gasteiger partial charge >= 0.3 is 5.69 Å². The third-order valence-electron chi connectivity index (χ3n) is 1.55. The van der Waals surface area contributed by atoms with Crippen LogP contribution in [0.25, 0.3) is 0 Å². The minimum absolute atomic E-state index is 0.113. The highest BCUT2D eigenvalue weighted by molar-refractivity contribution is 5.57. The standard InChI is InChI=1S/C9H7NO3/c1-3-7-5-4-6-8(10(11)12)9(7)13-2/h1,4-6H,2H3. The maximum Gasteiger partial charge on any atom is 0.312 e. The van der Waals surface area contributed by atoms with E-state index in [1.54, 1.807) is 6.07 Å². The number of nitro groups is 1. The average Bonchev–Trinajstić information content (AvgIpc) is 2.16. The Morgan fingerprint density at radius 3 is 2.77 bits per heavy atom. The molecule has 0 radical (unpaired) electrons. The molecule has 0 aliphatic carbocycles. The van der Waals surface area contributed by atoms with Crippen molar-refractivity contribution in [3.8, 4) is 18.1 Å². The molecule has 0 fully saturated rings. The monoisotopic (exact) mass is 177 g/mol. The third kappa shape index (κ3) is 1.59. The second-order valence-electron chi connectivity index (χ2n) is 2.26. The molecule has 0 spiro atoms. The number of ether oxygens (including phenoxy) is 1. The van der Waals surface area contributed by atoms with Crippen LogP contribution in [0, 0.1) is 22.5 Å². The summed E-state index contributed by atoms with van der Waals surface area (Å²) >= 11 is 0. The molecule has 1 rings (SSSR count). The zero-order valence-electron chi connectivity index (χ0n) is 6.98. The van der Waals surface area contributed by atoms with E-state index in [4.69, 9.17) is 11.2 Å². The molecule has 0 amide bonds. The lowest BCUT2D eigenvalue weighted by molar-refractivity contribution is -0.385. The molecule has 13 heavy (non-hydrogen) atoms. The summed E-state index contributed by atoms with van der Waals surface area (Å²) in [5.41, 5.74) is 0.273. The maximum absolute atomic E-state index is 10.5. The van der Waals surface area contributed by atoms with E-state index >= 15 is 0 Å². The lowest BCUT2D eigenvalue weighted by Crippen LogP contribution is -1.95. The second kappa shape index (κ2) is 3.59. The number of para-hydroxylation sites is 1. The van der Waals surface area contributed by atoms with Crippen LogP contribution >= 0.6 is 0 Å². The average molecular weight is 177 g/mol. The molecule has 0 saturated carbocycles. The summed E-state index contributed by atoms with van der Waals surface area (Å²) in [6.45, 7) is 0. The van der Waals surface area contributed by atoms with Crippen LogP contribution in [0.5, 0.6) is 5.75 Å². The topological polar surface area (TPSA) is 52.4 Å². The molecule has 0 aliphatic heterocycles. The summed E-state index contributed by atoms with van der Waals surface area (Å²) < 4.78 is 4.84. The summed E-state index contributed by atoms with van der Waals surface area (Å²) in [7, 11) is 1.35. The van der Waals surface area contributed by atoms with E-state index in [0.717, 1.165) is 0 Å². The Hall–Kier alpha value is -2.02. The van der Waals surface area contributed by atoms with Crippen molar-refractivity contribution in [1.29, 1.82) is 0 Å². The Morgan fingerprint density at radius 1 is 1.62 bits per heavy atom. The lowest BCUT2D eigenvalue weighted by atomic mass is 10.2. The van der Waals surface area contributed by atoms with Crippen LogP contribution in [-0.4, -0.2) is 12.0 Å². The first-order chi connectivity index (χ1) is 6.20. The number of terminal acetylenes is 1.